The van der Waals surface area contributed by atoms with E-state index in [1.165, 1.54) is 5.57 Å². The zero-order valence-corrected chi connectivity index (χ0v) is 7.07. The first kappa shape index (κ1) is 6.83. The lowest BCUT2D eigenvalue weighted by molar-refractivity contribution is 0.845. The van der Waals surface area contributed by atoms with Gasteiger partial charge in [-0.3, -0.25) is 9.98 Å². The Labute approximate surface area is 76.3 Å². The van der Waals surface area contributed by atoms with Crippen LogP contribution in [0.3, 0.4) is 0 Å². The number of aliphatic imine (C=N–C) groups is 2. The number of dihydropyridines is 1. The lowest BCUT2D eigenvalue weighted by atomic mass is 10.0. The summed E-state index contributed by atoms with van der Waals surface area (Å²) < 4.78 is 0. The Bertz CT molecular complexity index is 396. The zero-order chi connectivity index (χ0) is 8.67. The largest absolute Gasteiger partial charge is 0.378 e. The Morgan fingerprint density at radius 2 is 2.46 bits per heavy atom. The minimum absolute atomic E-state index is 0.222. The summed E-state index contributed by atoms with van der Waals surface area (Å²) in [6, 6.07) is 0.222. The number of nitrogens with zero attached hydrogens (tertiary/aromatic N) is 2. The maximum atomic E-state index is 4.38. The maximum absolute atomic E-state index is 4.38. The van der Waals surface area contributed by atoms with Crippen molar-refractivity contribution in [2.24, 2.45) is 9.98 Å². The van der Waals surface area contributed by atoms with E-state index in [4.69, 9.17) is 0 Å². The van der Waals surface area contributed by atoms with E-state index in [1.807, 2.05) is 18.5 Å². The van der Waals surface area contributed by atoms with Crippen molar-refractivity contribution in [1.29, 1.82) is 0 Å². The van der Waals surface area contributed by atoms with Crippen LogP contribution in [0.2, 0.25) is 0 Å². The van der Waals surface area contributed by atoms with E-state index < -0.39 is 0 Å². The summed E-state index contributed by atoms with van der Waals surface area (Å²) in [5.74, 6) is 0. The molecule has 0 saturated carbocycles. The van der Waals surface area contributed by atoms with Crippen molar-refractivity contribution in [1.82, 2.24) is 5.32 Å². The summed E-state index contributed by atoms with van der Waals surface area (Å²) in [4.78, 5) is 8.67. The van der Waals surface area contributed by atoms with Gasteiger partial charge < -0.3 is 5.32 Å². The molecule has 0 spiro atoms. The summed E-state index contributed by atoms with van der Waals surface area (Å²) in [6.07, 6.45) is 9.96. The average molecular weight is 171 g/mol. The minimum Gasteiger partial charge on any atom is -0.378 e. The second-order valence-electron chi connectivity index (χ2n) is 3.18. The van der Waals surface area contributed by atoms with Gasteiger partial charge >= 0.3 is 0 Å². The van der Waals surface area contributed by atoms with Crippen molar-refractivity contribution in [3.63, 3.8) is 0 Å². The predicted molar refractivity (Wildman–Crippen MR) is 53.0 cm³/mol. The molecule has 0 amide bonds. The van der Waals surface area contributed by atoms with Gasteiger partial charge in [0.15, 0.2) is 0 Å². The van der Waals surface area contributed by atoms with Gasteiger partial charge in [0.2, 0.25) is 0 Å². The summed E-state index contributed by atoms with van der Waals surface area (Å²) in [5.41, 5.74) is 3.35. The Kier molecular flexibility index (Phi) is 1.27. The van der Waals surface area contributed by atoms with E-state index in [0.717, 1.165) is 17.9 Å². The summed E-state index contributed by atoms with van der Waals surface area (Å²) in [7, 11) is 0. The van der Waals surface area contributed by atoms with Crippen LogP contribution >= 0.6 is 0 Å². The molecule has 3 aliphatic rings. The standard InChI is InChI=1S/C10H9N3/c1-2-7-8(3-1)13-6-9-10(7)12-5-4-11-9/h1-4,6,8,12H,5H2. The molecule has 0 fully saturated rings. The Morgan fingerprint density at radius 1 is 1.46 bits per heavy atom. The zero-order valence-electron chi connectivity index (χ0n) is 7.07. The van der Waals surface area contributed by atoms with Gasteiger partial charge in [0, 0.05) is 11.8 Å². The van der Waals surface area contributed by atoms with Gasteiger partial charge in [0.05, 0.1) is 24.5 Å². The lowest BCUT2D eigenvalue weighted by Crippen LogP contribution is -2.28. The van der Waals surface area contributed by atoms with Gasteiger partial charge in [0.1, 0.15) is 5.70 Å². The fourth-order valence-electron chi connectivity index (χ4n) is 1.77. The normalized spacial score (nSPS) is 28.3. The maximum Gasteiger partial charge on any atom is 0.104 e. The number of allylic oxidation sites excluding steroid dienone is 3. The van der Waals surface area contributed by atoms with Crippen molar-refractivity contribution in [2.75, 3.05) is 6.54 Å². The molecule has 0 aromatic rings. The SMILES string of the molecule is C1=CC2N=CC3=C(NCC=N3)C2=C1. The lowest BCUT2D eigenvalue weighted by Gasteiger charge is -2.22. The Morgan fingerprint density at radius 3 is 3.46 bits per heavy atom. The third-order valence-electron chi connectivity index (χ3n) is 2.39. The third-order valence-corrected chi connectivity index (χ3v) is 2.39. The summed E-state index contributed by atoms with van der Waals surface area (Å²) in [5, 5.41) is 3.32. The molecule has 1 unspecified atom stereocenters. The molecule has 0 aromatic heterocycles. The van der Waals surface area contributed by atoms with Crippen LogP contribution in [0.5, 0.6) is 0 Å². The van der Waals surface area contributed by atoms with Gasteiger partial charge in [-0.25, -0.2) is 0 Å². The van der Waals surface area contributed by atoms with Crippen LogP contribution in [-0.4, -0.2) is 25.0 Å². The van der Waals surface area contributed by atoms with Crippen molar-refractivity contribution in [3.8, 4) is 0 Å². The van der Waals surface area contributed by atoms with Crippen LogP contribution in [-0.2, 0) is 0 Å². The van der Waals surface area contributed by atoms with Crippen LogP contribution in [0, 0.1) is 0 Å². The van der Waals surface area contributed by atoms with E-state index in [2.05, 4.69) is 27.5 Å². The molecule has 13 heavy (non-hydrogen) atoms. The van der Waals surface area contributed by atoms with Gasteiger partial charge in [0.25, 0.3) is 0 Å². The highest BCUT2D eigenvalue weighted by Crippen LogP contribution is 2.27. The molecule has 0 aromatic carbocycles. The van der Waals surface area contributed by atoms with Crippen molar-refractivity contribution in [3.05, 3.63) is 35.2 Å². The molecule has 3 rings (SSSR count). The first-order chi connectivity index (χ1) is 6.45. The highest BCUT2D eigenvalue weighted by molar-refractivity contribution is 5.87. The van der Waals surface area contributed by atoms with E-state index in [-0.39, 0.29) is 6.04 Å². The van der Waals surface area contributed by atoms with Gasteiger partial charge in [-0.05, 0) is 0 Å². The van der Waals surface area contributed by atoms with E-state index in [0.29, 0.717) is 0 Å². The summed E-state index contributed by atoms with van der Waals surface area (Å²) >= 11 is 0. The van der Waals surface area contributed by atoms with Crippen LogP contribution in [0.1, 0.15) is 0 Å². The Balaban J connectivity index is 2.12. The fourth-order valence-corrected chi connectivity index (χ4v) is 1.77. The minimum atomic E-state index is 0.222. The predicted octanol–water partition coefficient (Wildman–Crippen LogP) is 0.821. The van der Waals surface area contributed by atoms with Crippen LogP contribution in [0.15, 0.2) is 45.2 Å². The molecule has 1 atom stereocenters. The highest BCUT2D eigenvalue weighted by Gasteiger charge is 2.24. The smallest absolute Gasteiger partial charge is 0.104 e. The third kappa shape index (κ3) is 0.900. The quantitative estimate of drug-likeness (QED) is 0.575. The van der Waals surface area contributed by atoms with Gasteiger partial charge in [-0.1, -0.05) is 18.2 Å². The first-order valence-electron chi connectivity index (χ1n) is 4.38. The topological polar surface area (TPSA) is 36.8 Å². The molecular formula is C10H9N3. The van der Waals surface area contributed by atoms with Gasteiger partial charge in [-0.15, -0.1) is 0 Å². The number of rotatable bonds is 0. The number of nitrogens with one attached hydrogen (secondary N) is 1. The summed E-state index contributed by atoms with van der Waals surface area (Å²) in [6.45, 7) is 0.816. The molecular weight excluding hydrogens is 162 g/mol. The van der Waals surface area contributed by atoms with Gasteiger partial charge in [-0.2, -0.15) is 0 Å². The first-order valence-corrected chi connectivity index (χ1v) is 4.38. The monoisotopic (exact) mass is 171 g/mol. The van der Waals surface area contributed by atoms with Crippen LogP contribution in [0.25, 0.3) is 0 Å². The average Bonchev–Trinajstić information content (AvgIpc) is 2.65. The van der Waals surface area contributed by atoms with E-state index >= 15 is 0 Å². The van der Waals surface area contributed by atoms with E-state index in [9.17, 15) is 0 Å². The molecule has 1 aliphatic carbocycles. The molecule has 0 bridgehead atoms. The molecule has 0 radical (unpaired) electrons. The second-order valence-corrected chi connectivity index (χ2v) is 3.18. The number of hydrogen-bond donors (Lipinski definition) is 1. The number of hydrogen-bond acceptors (Lipinski definition) is 3. The fraction of sp³-hybridized carbons (Fsp3) is 0.200. The Hall–Kier alpha value is -1.64. The second kappa shape index (κ2) is 2.42. The molecule has 1 N–H and O–H groups in total. The van der Waals surface area contributed by atoms with Crippen molar-refractivity contribution < 1.29 is 0 Å². The number of fused-ring (bicyclic) bond motifs is 2. The molecule has 2 aliphatic heterocycles. The van der Waals surface area contributed by atoms with E-state index in [1.54, 1.807) is 0 Å². The molecule has 0 saturated heterocycles. The molecule has 2 heterocycles. The van der Waals surface area contributed by atoms with Crippen LogP contribution in [0.4, 0.5) is 0 Å². The molecule has 3 heteroatoms. The molecule has 3 nitrogen and oxygen atoms in total. The molecule has 64 valence electrons. The van der Waals surface area contributed by atoms with Crippen molar-refractivity contribution in [2.45, 2.75) is 6.04 Å². The highest BCUT2D eigenvalue weighted by atomic mass is 15.0. The van der Waals surface area contributed by atoms with Crippen molar-refractivity contribution >= 4 is 12.4 Å². The van der Waals surface area contributed by atoms with Crippen LogP contribution < -0.4 is 5.32 Å².